The minimum absolute atomic E-state index is 0. The zero-order chi connectivity index (χ0) is 26.7. The van der Waals surface area contributed by atoms with Crippen molar-refractivity contribution >= 4 is 34.2 Å². The maximum absolute atomic E-state index is 8.52. The molecule has 201 valence electrons. The van der Waals surface area contributed by atoms with E-state index in [0.29, 0.717) is 13.1 Å². The van der Waals surface area contributed by atoms with E-state index >= 15 is 0 Å². The summed E-state index contributed by atoms with van der Waals surface area (Å²) < 4.78 is 34.1. The fourth-order valence-electron chi connectivity index (χ4n) is 2.30. The summed E-state index contributed by atoms with van der Waals surface area (Å²) in [4.78, 5) is 12.8. The second-order valence-corrected chi connectivity index (χ2v) is 7.31. The van der Waals surface area contributed by atoms with Gasteiger partial charge in [-0.15, -0.1) is 0 Å². The average Bonchev–Trinajstić information content (AvgIpc) is 2.73. The second-order valence-electron chi connectivity index (χ2n) is 6.50. The number of benzene rings is 2. The predicted molar refractivity (Wildman–Crippen MR) is 133 cm³/mol. The van der Waals surface area contributed by atoms with E-state index in [4.69, 9.17) is 51.9 Å². The first-order valence-electron chi connectivity index (χ1n) is 9.95. The Balaban J connectivity index is 0. The SMILES string of the molecule is O=S(=O)([O-])[O-].[Cu+2].[NH-]/C(N)=N/C(N)=[NH+]CCc1ccccc1.[NH-]/C(N)=N/C(N)=[NH+]CCc1ccccc1. The Bertz CT molecular complexity index is 1010. The molecule has 0 fully saturated rings. The molecule has 16 heteroatoms. The monoisotopic (exact) mass is 569 g/mol. The van der Waals surface area contributed by atoms with Crippen LogP contribution in [0.2, 0.25) is 0 Å². The Morgan fingerprint density at radius 2 is 1.00 bits per heavy atom. The Kier molecular flexibility index (Phi) is 18.8. The maximum atomic E-state index is 8.52. The molecule has 0 aliphatic carbocycles. The summed E-state index contributed by atoms with van der Waals surface area (Å²) in [6.45, 7) is 1.35. The molecule has 0 amide bonds. The van der Waals surface area contributed by atoms with Gasteiger partial charge in [0.25, 0.3) is 0 Å². The predicted octanol–water partition coefficient (Wildman–Crippen LogP) is -3.36. The maximum Gasteiger partial charge on any atom is 2.00 e. The van der Waals surface area contributed by atoms with Gasteiger partial charge in [0.1, 0.15) is 0 Å². The van der Waals surface area contributed by atoms with Crippen LogP contribution in [0.4, 0.5) is 0 Å². The molecule has 0 aliphatic rings. The first-order chi connectivity index (χ1) is 16.4. The van der Waals surface area contributed by atoms with Crippen LogP contribution in [0.5, 0.6) is 0 Å². The van der Waals surface area contributed by atoms with Crippen LogP contribution in [0.3, 0.4) is 0 Å². The zero-order valence-electron chi connectivity index (χ0n) is 19.1. The largest absolute Gasteiger partial charge is 2.00 e. The number of nitrogens with one attached hydrogen (secondary N) is 4. The Hall–Kier alpha value is -3.69. The standard InChI is InChI=1S/2C10H14N5.Cu.H2O4S/c2*11-9(12)15-10(13)14-7-6-8-4-2-1-3-5-8;;1-5(2,3)4/h2*1-5H,6-7H2,(H5-,11,12,13,14,15);;(H2,1,2,3,4)/q2*-1;+2;. The number of hydrogen-bond acceptors (Lipinski definition) is 4. The number of rotatable bonds is 6. The van der Waals surface area contributed by atoms with Gasteiger partial charge in [-0.2, -0.15) is 0 Å². The summed E-state index contributed by atoms with van der Waals surface area (Å²) in [6, 6.07) is 20.1. The van der Waals surface area contributed by atoms with Crippen LogP contribution in [0.1, 0.15) is 11.1 Å². The van der Waals surface area contributed by atoms with Crippen molar-refractivity contribution in [1.82, 2.24) is 0 Å². The number of guanidine groups is 4. The van der Waals surface area contributed by atoms with Gasteiger partial charge < -0.3 is 32.0 Å². The van der Waals surface area contributed by atoms with E-state index in [2.05, 4.69) is 20.0 Å². The Labute approximate surface area is 220 Å². The minimum Gasteiger partial charge on any atom is -0.759 e. The molecule has 0 saturated carbocycles. The summed E-state index contributed by atoms with van der Waals surface area (Å²) in [5, 5.41) is 0. The van der Waals surface area contributed by atoms with Crippen molar-refractivity contribution in [3.63, 3.8) is 0 Å². The zero-order valence-corrected chi connectivity index (χ0v) is 20.9. The summed E-state index contributed by atoms with van der Waals surface area (Å²) >= 11 is 0. The van der Waals surface area contributed by atoms with Crippen molar-refractivity contribution in [3.05, 3.63) is 83.3 Å². The van der Waals surface area contributed by atoms with E-state index in [1.807, 2.05) is 60.7 Å². The summed E-state index contributed by atoms with van der Waals surface area (Å²) in [6.07, 6.45) is 1.71. The molecule has 0 spiro atoms. The molecule has 0 bridgehead atoms. The molecule has 2 aromatic rings. The van der Waals surface area contributed by atoms with Gasteiger partial charge in [-0.3, -0.25) is 29.9 Å². The molecule has 0 atom stereocenters. The van der Waals surface area contributed by atoms with Crippen molar-refractivity contribution in [3.8, 4) is 0 Å². The third kappa shape index (κ3) is 24.9. The number of hydrogen-bond donors (Lipinski definition) is 6. The van der Waals surface area contributed by atoms with Crippen molar-refractivity contribution < 1.29 is 44.6 Å². The van der Waals surface area contributed by atoms with Crippen LogP contribution < -0.4 is 32.9 Å². The van der Waals surface area contributed by atoms with Crippen LogP contribution in [-0.2, 0) is 40.3 Å². The van der Waals surface area contributed by atoms with E-state index < -0.39 is 10.4 Å². The molecule has 36 heavy (non-hydrogen) atoms. The molecule has 0 saturated heterocycles. The molecule has 0 aliphatic heterocycles. The third-order valence-electron chi connectivity index (χ3n) is 3.61. The number of aliphatic imine (C=N–C) groups is 2. The van der Waals surface area contributed by atoms with Gasteiger partial charge in [0.05, 0.1) is 13.1 Å². The Morgan fingerprint density at radius 3 is 1.25 bits per heavy atom. The molecule has 0 heterocycles. The van der Waals surface area contributed by atoms with Gasteiger partial charge >= 0.3 is 29.0 Å². The normalized spacial score (nSPS) is 12.3. The smallest absolute Gasteiger partial charge is 0.759 e. The van der Waals surface area contributed by atoms with E-state index in [1.165, 1.54) is 11.1 Å². The van der Waals surface area contributed by atoms with Crippen LogP contribution in [0.25, 0.3) is 11.5 Å². The third-order valence-corrected chi connectivity index (χ3v) is 3.61. The fraction of sp³-hybridized carbons (Fsp3) is 0.200. The van der Waals surface area contributed by atoms with Crippen molar-refractivity contribution in [2.45, 2.75) is 12.8 Å². The summed E-state index contributed by atoms with van der Waals surface area (Å²) in [7, 11) is -5.17. The molecular formula is C20H30CuN10O4S. The molecule has 2 rings (SSSR count). The van der Waals surface area contributed by atoms with Crippen LogP contribution in [0, 0.1) is 0 Å². The molecule has 14 nitrogen and oxygen atoms in total. The Morgan fingerprint density at radius 1 is 0.722 bits per heavy atom. The van der Waals surface area contributed by atoms with Crippen LogP contribution in [0.15, 0.2) is 70.6 Å². The molecular weight excluding hydrogens is 540 g/mol. The van der Waals surface area contributed by atoms with Gasteiger partial charge in [-0.25, -0.2) is 0 Å². The van der Waals surface area contributed by atoms with Crippen LogP contribution >= 0.6 is 0 Å². The van der Waals surface area contributed by atoms with Gasteiger partial charge in [-0.05, 0) is 11.1 Å². The van der Waals surface area contributed by atoms with E-state index in [-0.39, 0.29) is 40.9 Å². The van der Waals surface area contributed by atoms with Gasteiger partial charge in [0.2, 0.25) is 0 Å². The minimum atomic E-state index is -5.17. The van der Waals surface area contributed by atoms with Crippen molar-refractivity contribution in [2.75, 3.05) is 13.1 Å². The topological polar surface area (TPSA) is 285 Å². The molecule has 0 aromatic heterocycles. The van der Waals surface area contributed by atoms with E-state index in [0.717, 1.165) is 12.8 Å². The first-order valence-corrected chi connectivity index (χ1v) is 11.3. The first kappa shape index (κ1) is 34.5. The second kappa shape index (κ2) is 19.6. The van der Waals surface area contributed by atoms with E-state index in [1.54, 1.807) is 0 Å². The quantitative estimate of drug-likeness (QED) is 0.0669. The fourth-order valence-corrected chi connectivity index (χ4v) is 2.30. The summed E-state index contributed by atoms with van der Waals surface area (Å²) in [5.41, 5.74) is 37.3. The number of nitrogens with zero attached hydrogens (tertiary/aromatic N) is 2. The van der Waals surface area contributed by atoms with E-state index in [9.17, 15) is 0 Å². The van der Waals surface area contributed by atoms with Crippen LogP contribution in [-0.4, -0.2) is 54.5 Å². The molecule has 1 radical (unpaired) electrons. The van der Waals surface area contributed by atoms with Crippen molar-refractivity contribution in [2.24, 2.45) is 32.9 Å². The average molecular weight is 570 g/mol. The molecule has 2 aromatic carbocycles. The van der Waals surface area contributed by atoms with Gasteiger partial charge in [-0.1, -0.05) is 70.6 Å². The van der Waals surface area contributed by atoms with Gasteiger partial charge in [0.15, 0.2) is 11.9 Å². The summed E-state index contributed by atoms with van der Waals surface area (Å²) in [5.74, 6) is -0.226. The number of nitrogens with two attached hydrogens (primary N) is 4. The molecule has 12 N–H and O–H groups in total. The van der Waals surface area contributed by atoms with Gasteiger partial charge in [0, 0.05) is 23.2 Å². The van der Waals surface area contributed by atoms with Crippen molar-refractivity contribution in [1.29, 1.82) is 0 Å². The molecule has 0 unspecified atom stereocenters.